The van der Waals surface area contributed by atoms with Gasteiger partial charge in [0.1, 0.15) is 11.5 Å². The number of carbonyl (C=O) groups excluding carboxylic acids is 1. The standard InChI is InChI=1S/C34H45N5O3/c1-5-33(42)39-16-14-25(15-17-39)18-24-6-8-26(9-7-24)21-38(4)22-27-10-12-28(13-11-27)36-34(37-35)30-19-29(23(2)3)31(40)20-32(30)41/h6-13,19-20,23,25,40-41H,5,14-18,21-22,35H2,1-4H3,(H,36,37). The second-order valence-electron chi connectivity index (χ2n) is 11.7. The third kappa shape index (κ3) is 8.11. The molecule has 4 rings (SSSR count). The lowest BCUT2D eigenvalue weighted by Gasteiger charge is -2.32. The van der Waals surface area contributed by atoms with Crippen LogP contribution in [0.4, 0.5) is 5.69 Å². The number of likely N-dealkylation sites (tertiary alicyclic amines) is 1. The predicted molar refractivity (Wildman–Crippen MR) is 169 cm³/mol. The van der Waals surface area contributed by atoms with Crippen molar-refractivity contribution in [3.63, 3.8) is 0 Å². The van der Waals surface area contributed by atoms with Crippen molar-refractivity contribution in [1.82, 2.24) is 15.2 Å². The van der Waals surface area contributed by atoms with E-state index in [2.05, 4.69) is 46.6 Å². The Bertz CT molecular complexity index is 1360. The van der Waals surface area contributed by atoms with E-state index in [1.807, 2.05) is 49.9 Å². The molecule has 0 unspecified atom stereocenters. The molecular weight excluding hydrogens is 526 g/mol. The summed E-state index contributed by atoms with van der Waals surface area (Å²) in [6.07, 6.45) is 3.85. The molecule has 0 saturated carbocycles. The maximum atomic E-state index is 11.9. The number of hydrogen-bond acceptors (Lipinski definition) is 6. The molecule has 224 valence electrons. The number of phenolic OH excluding ortho intramolecular Hbond substituents is 2. The number of nitrogens with two attached hydrogens (primary N) is 1. The van der Waals surface area contributed by atoms with Gasteiger partial charge in [0.25, 0.3) is 0 Å². The van der Waals surface area contributed by atoms with Crippen LogP contribution in [0.2, 0.25) is 0 Å². The van der Waals surface area contributed by atoms with E-state index < -0.39 is 0 Å². The fourth-order valence-corrected chi connectivity index (χ4v) is 5.62. The van der Waals surface area contributed by atoms with Gasteiger partial charge in [-0.05, 0) is 78.6 Å². The summed E-state index contributed by atoms with van der Waals surface area (Å²) in [5.41, 5.74) is 8.24. The molecular formula is C34H45N5O3. The number of nitrogens with zero attached hydrogens (tertiary/aromatic N) is 3. The molecule has 8 nitrogen and oxygen atoms in total. The van der Waals surface area contributed by atoms with E-state index in [4.69, 9.17) is 5.84 Å². The van der Waals surface area contributed by atoms with E-state index in [0.717, 1.165) is 51.0 Å². The minimum Gasteiger partial charge on any atom is -0.508 e. The molecule has 3 aromatic carbocycles. The molecule has 42 heavy (non-hydrogen) atoms. The number of carbonyl (C=O) groups is 1. The van der Waals surface area contributed by atoms with Crippen molar-refractivity contribution >= 4 is 17.4 Å². The highest BCUT2D eigenvalue weighted by Gasteiger charge is 2.22. The number of aliphatic imine (C=N–C) groups is 1. The molecule has 5 N–H and O–H groups in total. The summed E-state index contributed by atoms with van der Waals surface area (Å²) >= 11 is 0. The largest absolute Gasteiger partial charge is 0.508 e. The molecule has 0 atom stereocenters. The molecule has 1 saturated heterocycles. The molecule has 1 fully saturated rings. The van der Waals surface area contributed by atoms with Crippen molar-refractivity contribution in [3.8, 4) is 11.5 Å². The van der Waals surface area contributed by atoms with Gasteiger partial charge in [0.05, 0.1) is 11.3 Å². The number of piperidine rings is 1. The van der Waals surface area contributed by atoms with Gasteiger partial charge in [0, 0.05) is 38.7 Å². The van der Waals surface area contributed by atoms with Gasteiger partial charge in [-0.3, -0.25) is 9.69 Å². The molecule has 1 heterocycles. The predicted octanol–water partition coefficient (Wildman–Crippen LogP) is 5.59. The lowest BCUT2D eigenvalue weighted by Crippen LogP contribution is -2.38. The Morgan fingerprint density at radius 3 is 2.10 bits per heavy atom. The first kappa shape index (κ1) is 31.1. The molecule has 0 aliphatic carbocycles. The van der Waals surface area contributed by atoms with Gasteiger partial charge in [-0.1, -0.05) is 57.2 Å². The third-order valence-electron chi connectivity index (χ3n) is 8.06. The van der Waals surface area contributed by atoms with Crippen LogP contribution in [-0.2, 0) is 24.3 Å². The molecule has 0 bridgehead atoms. The van der Waals surface area contributed by atoms with E-state index >= 15 is 0 Å². The van der Waals surface area contributed by atoms with Crippen molar-refractivity contribution in [1.29, 1.82) is 0 Å². The molecule has 1 aliphatic rings. The van der Waals surface area contributed by atoms with Crippen molar-refractivity contribution in [3.05, 3.63) is 88.5 Å². The van der Waals surface area contributed by atoms with Crippen LogP contribution in [0.15, 0.2) is 65.7 Å². The first-order chi connectivity index (χ1) is 20.2. The lowest BCUT2D eigenvalue weighted by atomic mass is 9.90. The van der Waals surface area contributed by atoms with Crippen LogP contribution in [0, 0.1) is 5.92 Å². The first-order valence-corrected chi connectivity index (χ1v) is 14.9. The number of benzene rings is 3. The molecule has 0 radical (unpaired) electrons. The van der Waals surface area contributed by atoms with E-state index in [1.165, 1.54) is 17.2 Å². The monoisotopic (exact) mass is 571 g/mol. The Morgan fingerprint density at radius 1 is 0.976 bits per heavy atom. The Kier molecular flexibility index (Phi) is 10.6. The maximum absolute atomic E-state index is 11.9. The van der Waals surface area contributed by atoms with Gasteiger partial charge in [-0.2, -0.15) is 0 Å². The number of hydrazine groups is 1. The van der Waals surface area contributed by atoms with Crippen LogP contribution in [0.5, 0.6) is 11.5 Å². The summed E-state index contributed by atoms with van der Waals surface area (Å²) in [6, 6.07) is 19.9. The highest BCUT2D eigenvalue weighted by molar-refractivity contribution is 6.02. The smallest absolute Gasteiger partial charge is 0.222 e. The third-order valence-corrected chi connectivity index (χ3v) is 8.06. The van der Waals surface area contributed by atoms with E-state index in [9.17, 15) is 15.0 Å². The summed E-state index contributed by atoms with van der Waals surface area (Å²) in [6.45, 7) is 9.29. The minimum atomic E-state index is -0.0923. The summed E-state index contributed by atoms with van der Waals surface area (Å²) in [7, 11) is 2.11. The van der Waals surface area contributed by atoms with Crippen LogP contribution >= 0.6 is 0 Å². The number of amidine groups is 1. The second-order valence-corrected chi connectivity index (χ2v) is 11.7. The molecule has 0 spiro atoms. The number of phenols is 2. The normalized spacial score (nSPS) is 14.5. The van der Waals surface area contributed by atoms with Crippen LogP contribution in [-0.4, -0.2) is 51.9 Å². The lowest BCUT2D eigenvalue weighted by molar-refractivity contribution is -0.132. The zero-order valence-electron chi connectivity index (χ0n) is 25.3. The van der Waals surface area contributed by atoms with Gasteiger partial charge >= 0.3 is 0 Å². The number of amides is 1. The SMILES string of the molecule is CCC(=O)N1CCC(Cc2ccc(CN(C)Cc3ccc(N=C(NN)c4cc(C(C)C)c(O)cc4O)cc3)cc2)CC1. The Morgan fingerprint density at radius 2 is 1.55 bits per heavy atom. The van der Waals surface area contributed by atoms with Crippen molar-refractivity contribution in [2.75, 3.05) is 20.1 Å². The second kappa shape index (κ2) is 14.3. The Balaban J connectivity index is 1.31. The zero-order valence-corrected chi connectivity index (χ0v) is 25.3. The highest BCUT2D eigenvalue weighted by atomic mass is 16.3. The first-order valence-electron chi connectivity index (χ1n) is 14.9. The van der Waals surface area contributed by atoms with E-state index in [0.29, 0.717) is 35.0 Å². The number of rotatable bonds is 10. The fourth-order valence-electron chi connectivity index (χ4n) is 5.62. The summed E-state index contributed by atoms with van der Waals surface area (Å²) in [5, 5.41) is 20.6. The molecule has 1 aliphatic heterocycles. The van der Waals surface area contributed by atoms with Crippen LogP contribution in [0.25, 0.3) is 0 Å². The fraction of sp³-hybridized carbons (Fsp3) is 0.412. The van der Waals surface area contributed by atoms with Crippen LogP contribution in [0.1, 0.15) is 73.8 Å². The maximum Gasteiger partial charge on any atom is 0.222 e. The van der Waals surface area contributed by atoms with Crippen molar-refractivity contribution in [2.24, 2.45) is 16.8 Å². The quantitative estimate of drug-likeness (QED) is 0.109. The number of nitrogens with one attached hydrogen (secondary N) is 1. The van der Waals surface area contributed by atoms with Crippen LogP contribution in [0.3, 0.4) is 0 Å². The average molecular weight is 572 g/mol. The van der Waals surface area contributed by atoms with Gasteiger partial charge < -0.3 is 20.5 Å². The Hall–Kier alpha value is -3.88. The minimum absolute atomic E-state index is 0.0464. The van der Waals surface area contributed by atoms with Gasteiger partial charge in [-0.15, -0.1) is 0 Å². The van der Waals surface area contributed by atoms with Gasteiger partial charge in [-0.25, -0.2) is 10.8 Å². The summed E-state index contributed by atoms with van der Waals surface area (Å²) in [5.74, 6) is 7.02. The van der Waals surface area contributed by atoms with Crippen molar-refractivity contribution < 1.29 is 15.0 Å². The number of hydrogen-bond donors (Lipinski definition) is 4. The Labute approximate surface area is 249 Å². The molecule has 1 amide bonds. The highest BCUT2D eigenvalue weighted by Crippen LogP contribution is 2.33. The van der Waals surface area contributed by atoms with Gasteiger partial charge in [0.15, 0.2) is 5.84 Å². The topological polar surface area (TPSA) is 114 Å². The average Bonchev–Trinajstić information content (AvgIpc) is 2.98. The van der Waals surface area contributed by atoms with Crippen LogP contribution < -0.4 is 11.3 Å². The number of aromatic hydroxyl groups is 2. The summed E-state index contributed by atoms with van der Waals surface area (Å²) in [4.78, 5) is 20.8. The molecule has 0 aromatic heterocycles. The van der Waals surface area contributed by atoms with Gasteiger partial charge in [0.2, 0.25) is 5.91 Å². The summed E-state index contributed by atoms with van der Waals surface area (Å²) < 4.78 is 0. The zero-order chi connectivity index (χ0) is 30.2. The molecule has 8 heteroatoms. The van der Waals surface area contributed by atoms with E-state index in [1.54, 1.807) is 6.07 Å². The molecule has 3 aromatic rings. The van der Waals surface area contributed by atoms with Crippen molar-refractivity contribution in [2.45, 2.75) is 65.5 Å². The van der Waals surface area contributed by atoms with E-state index in [-0.39, 0.29) is 23.3 Å².